The molecule has 2 rings (SSSR count). The number of hydrogen-bond acceptors (Lipinski definition) is 7. The van der Waals surface area contributed by atoms with E-state index >= 15 is 0 Å². The first-order valence-corrected chi connectivity index (χ1v) is 7.03. The lowest BCUT2D eigenvalue weighted by atomic mass is 9.94. The number of benzene rings is 1. The van der Waals surface area contributed by atoms with Crippen LogP contribution in [0.3, 0.4) is 0 Å². The van der Waals surface area contributed by atoms with Crippen molar-refractivity contribution in [3.63, 3.8) is 0 Å². The summed E-state index contributed by atoms with van der Waals surface area (Å²) in [7, 11) is 0. The van der Waals surface area contributed by atoms with Gasteiger partial charge in [0, 0.05) is 12.6 Å². The molecule has 0 spiro atoms. The Hall–Kier alpha value is -3.41. The molecule has 9 nitrogen and oxygen atoms in total. The van der Waals surface area contributed by atoms with E-state index in [-0.39, 0.29) is 29.2 Å². The molecule has 0 fully saturated rings. The number of hydrogen-bond donors (Lipinski definition) is 0. The summed E-state index contributed by atoms with van der Waals surface area (Å²) in [5.74, 6) is -2.40. The molecule has 2 amide bonds. The van der Waals surface area contributed by atoms with Gasteiger partial charge in [0.25, 0.3) is 17.5 Å². The number of nitriles is 1. The van der Waals surface area contributed by atoms with Gasteiger partial charge in [-0.25, -0.2) is 0 Å². The molecule has 0 saturated carbocycles. The first kappa shape index (κ1) is 17.0. The minimum atomic E-state index is -1.12. The molecule has 0 radical (unpaired) electrons. The number of nitro groups is 1. The molecular weight excluding hydrogens is 314 g/mol. The van der Waals surface area contributed by atoms with Crippen molar-refractivity contribution in [2.45, 2.75) is 13.8 Å². The van der Waals surface area contributed by atoms with E-state index in [1.807, 2.05) is 6.07 Å². The van der Waals surface area contributed by atoms with Crippen LogP contribution in [-0.4, -0.2) is 28.2 Å². The van der Waals surface area contributed by atoms with Crippen LogP contribution in [0.4, 0.5) is 11.4 Å². The van der Waals surface area contributed by atoms with E-state index in [1.165, 1.54) is 25.1 Å². The Morgan fingerprint density at radius 3 is 2.58 bits per heavy atom. The van der Waals surface area contributed by atoms with Crippen LogP contribution in [0.25, 0.3) is 0 Å². The van der Waals surface area contributed by atoms with Gasteiger partial charge in [-0.1, -0.05) is 12.1 Å². The van der Waals surface area contributed by atoms with Crippen LogP contribution in [0.1, 0.15) is 13.8 Å². The second-order valence-electron chi connectivity index (χ2n) is 4.93. The summed E-state index contributed by atoms with van der Waals surface area (Å²) in [6.07, 6.45) is 0. The normalized spacial score (nSPS) is 18.2. The number of nitro benzene ring substituents is 1. The summed E-state index contributed by atoms with van der Waals surface area (Å²) in [5.41, 5.74) is -0.257. The molecule has 1 aliphatic rings. The Bertz CT molecular complexity index is 821. The fraction of sp³-hybridized carbons (Fsp3) is 0.267. The van der Waals surface area contributed by atoms with Crippen LogP contribution < -0.4 is 0 Å². The van der Waals surface area contributed by atoms with Gasteiger partial charge in [0.1, 0.15) is 5.92 Å². The maximum Gasteiger partial charge on any atom is 0.296 e. The van der Waals surface area contributed by atoms with E-state index in [1.54, 1.807) is 13.0 Å². The van der Waals surface area contributed by atoms with Gasteiger partial charge in [0.05, 0.1) is 11.0 Å². The van der Waals surface area contributed by atoms with Crippen LogP contribution in [-0.2, 0) is 9.59 Å². The molecule has 1 heterocycles. The predicted molar refractivity (Wildman–Crippen MR) is 81.8 cm³/mol. The highest BCUT2D eigenvalue weighted by Gasteiger charge is 2.38. The zero-order valence-electron chi connectivity index (χ0n) is 13.0. The average Bonchev–Trinajstić information content (AvgIpc) is 2.55. The van der Waals surface area contributed by atoms with Gasteiger partial charge in [0.15, 0.2) is 11.4 Å². The lowest BCUT2D eigenvalue weighted by Gasteiger charge is -2.27. The molecule has 0 saturated heterocycles. The number of rotatable bonds is 4. The van der Waals surface area contributed by atoms with Crippen molar-refractivity contribution >= 4 is 23.2 Å². The van der Waals surface area contributed by atoms with Crippen molar-refractivity contribution in [3.05, 3.63) is 45.6 Å². The standard InChI is InChI=1S/C15H13N5O4/c1-3-19-14(21)10(8-16)9(2)13(15(19)22)18-17-11-6-4-5-7-12(11)20(23)24/h4-7,10H,3H2,1-2H3. The van der Waals surface area contributed by atoms with Gasteiger partial charge >= 0.3 is 0 Å². The van der Waals surface area contributed by atoms with Crippen molar-refractivity contribution in [1.29, 1.82) is 5.26 Å². The molecule has 1 unspecified atom stereocenters. The molecule has 0 aromatic heterocycles. The van der Waals surface area contributed by atoms with Crippen LogP contribution in [0.15, 0.2) is 45.8 Å². The number of para-hydroxylation sites is 1. The summed E-state index contributed by atoms with van der Waals surface area (Å²) in [4.78, 5) is 35.7. The minimum Gasteiger partial charge on any atom is -0.276 e. The molecule has 0 N–H and O–H groups in total. The average molecular weight is 327 g/mol. The highest BCUT2D eigenvalue weighted by molar-refractivity contribution is 6.09. The molecule has 1 atom stereocenters. The Balaban J connectivity index is 2.49. The number of carbonyl (C=O) groups is 2. The molecule has 1 aromatic rings. The number of azo groups is 1. The quantitative estimate of drug-likeness (QED) is 0.363. The second kappa shape index (κ2) is 6.78. The van der Waals surface area contributed by atoms with Crippen molar-refractivity contribution in [1.82, 2.24) is 4.90 Å². The third-order valence-corrected chi connectivity index (χ3v) is 3.55. The van der Waals surface area contributed by atoms with Crippen molar-refractivity contribution in [3.8, 4) is 6.07 Å². The maximum absolute atomic E-state index is 12.3. The number of amides is 2. The van der Waals surface area contributed by atoms with E-state index in [9.17, 15) is 19.7 Å². The molecule has 0 bridgehead atoms. The molecule has 122 valence electrons. The van der Waals surface area contributed by atoms with Crippen molar-refractivity contribution in [2.24, 2.45) is 16.1 Å². The smallest absolute Gasteiger partial charge is 0.276 e. The van der Waals surface area contributed by atoms with Gasteiger partial charge in [-0.05, 0) is 25.5 Å². The molecule has 24 heavy (non-hydrogen) atoms. The zero-order valence-corrected chi connectivity index (χ0v) is 13.0. The Labute approximate surface area is 137 Å². The van der Waals surface area contributed by atoms with Gasteiger partial charge in [0.2, 0.25) is 0 Å². The monoisotopic (exact) mass is 327 g/mol. The van der Waals surface area contributed by atoms with Gasteiger partial charge < -0.3 is 0 Å². The van der Waals surface area contributed by atoms with E-state index in [2.05, 4.69) is 10.2 Å². The summed E-state index contributed by atoms with van der Waals surface area (Å²) in [5, 5.41) is 27.7. The summed E-state index contributed by atoms with van der Waals surface area (Å²) in [6.45, 7) is 3.14. The maximum atomic E-state index is 12.3. The second-order valence-corrected chi connectivity index (χ2v) is 4.93. The SMILES string of the molecule is CCN1C(=O)C(N=Nc2ccccc2[N+](=O)[O-])=C(C)C(C#N)C1=O. The first-order valence-electron chi connectivity index (χ1n) is 7.03. The molecular formula is C15H13N5O4. The van der Waals surface area contributed by atoms with Crippen LogP contribution in [0.5, 0.6) is 0 Å². The summed E-state index contributed by atoms with van der Waals surface area (Å²) < 4.78 is 0. The van der Waals surface area contributed by atoms with E-state index in [0.717, 1.165) is 4.90 Å². The lowest BCUT2D eigenvalue weighted by Crippen LogP contribution is -2.45. The van der Waals surface area contributed by atoms with Crippen molar-refractivity contribution < 1.29 is 14.5 Å². The van der Waals surface area contributed by atoms with E-state index in [0.29, 0.717) is 0 Å². The highest BCUT2D eigenvalue weighted by Crippen LogP contribution is 2.30. The third-order valence-electron chi connectivity index (χ3n) is 3.55. The number of imide groups is 1. The predicted octanol–water partition coefficient (Wildman–Crippen LogP) is 2.48. The Morgan fingerprint density at radius 2 is 2.00 bits per heavy atom. The van der Waals surface area contributed by atoms with Gasteiger partial charge in [-0.2, -0.15) is 5.26 Å². The zero-order chi connectivity index (χ0) is 17.9. The van der Waals surface area contributed by atoms with Crippen LogP contribution in [0, 0.1) is 27.4 Å². The van der Waals surface area contributed by atoms with Crippen LogP contribution in [0.2, 0.25) is 0 Å². The number of nitrogens with zero attached hydrogens (tertiary/aromatic N) is 5. The highest BCUT2D eigenvalue weighted by atomic mass is 16.6. The topological polar surface area (TPSA) is 129 Å². The molecule has 1 aromatic carbocycles. The van der Waals surface area contributed by atoms with E-state index in [4.69, 9.17) is 5.26 Å². The summed E-state index contributed by atoms with van der Waals surface area (Å²) in [6, 6.07) is 7.51. The molecule has 0 aliphatic carbocycles. The van der Waals surface area contributed by atoms with E-state index < -0.39 is 22.7 Å². The van der Waals surface area contributed by atoms with Gasteiger partial charge in [-0.15, -0.1) is 10.2 Å². The molecule has 1 aliphatic heterocycles. The fourth-order valence-corrected chi connectivity index (χ4v) is 2.25. The minimum absolute atomic E-state index is 0.0240. The van der Waals surface area contributed by atoms with Crippen molar-refractivity contribution in [2.75, 3.05) is 6.54 Å². The van der Waals surface area contributed by atoms with Gasteiger partial charge in [-0.3, -0.25) is 24.6 Å². The molecule has 9 heteroatoms. The summed E-state index contributed by atoms with van der Waals surface area (Å²) >= 11 is 0. The lowest BCUT2D eigenvalue weighted by molar-refractivity contribution is -0.384. The largest absolute Gasteiger partial charge is 0.296 e. The number of carbonyl (C=O) groups excluding carboxylic acids is 2. The third kappa shape index (κ3) is 2.89. The Morgan fingerprint density at radius 1 is 1.33 bits per heavy atom. The fourth-order valence-electron chi connectivity index (χ4n) is 2.25. The number of likely N-dealkylation sites (N-methyl/N-ethyl adjacent to an activating group) is 1. The Kier molecular flexibility index (Phi) is 4.79. The van der Waals surface area contributed by atoms with Crippen LogP contribution >= 0.6 is 0 Å². The first-order chi connectivity index (χ1) is 11.4.